The summed E-state index contributed by atoms with van der Waals surface area (Å²) in [4.78, 5) is 26.7. The maximum atomic E-state index is 13.1. The van der Waals surface area contributed by atoms with Crippen LogP contribution in [-0.4, -0.2) is 34.1 Å². The lowest BCUT2D eigenvalue weighted by molar-refractivity contribution is -0.137. The van der Waals surface area contributed by atoms with Crippen molar-refractivity contribution < 1.29 is 22.7 Å². The Morgan fingerprint density at radius 2 is 2.00 bits per heavy atom. The molecule has 0 N–H and O–H groups in total. The lowest BCUT2D eigenvalue weighted by atomic mass is 9.98. The van der Waals surface area contributed by atoms with Crippen LogP contribution >= 0.6 is 0 Å². The molecular weight excluding hydrogens is 385 g/mol. The quantitative estimate of drug-likeness (QED) is 0.781. The molecule has 1 saturated heterocycles. The molecule has 0 spiro atoms. The van der Waals surface area contributed by atoms with E-state index >= 15 is 0 Å². The highest BCUT2D eigenvalue weighted by molar-refractivity contribution is 5.94. The number of ether oxygens (including phenoxy) is 1. The van der Waals surface area contributed by atoms with E-state index in [0.29, 0.717) is 5.56 Å². The number of pyridine rings is 1. The monoisotopic (exact) mass is 406 g/mol. The van der Waals surface area contributed by atoms with Gasteiger partial charge in [0.15, 0.2) is 0 Å². The number of carbonyl (C=O) groups is 1. The van der Waals surface area contributed by atoms with Crippen LogP contribution in [0.25, 0.3) is 0 Å². The van der Waals surface area contributed by atoms with E-state index in [2.05, 4.69) is 0 Å². The summed E-state index contributed by atoms with van der Waals surface area (Å²) < 4.78 is 45.8. The van der Waals surface area contributed by atoms with E-state index in [1.807, 2.05) is 0 Å². The zero-order valence-corrected chi connectivity index (χ0v) is 15.9. The third-order valence-corrected chi connectivity index (χ3v) is 5.91. The Hall–Kier alpha value is -2.77. The Kier molecular flexibility index (Phi) is 4.88. The zero-order chi connectivity index (χ0) is 20.8. The number of hydrogen-bond acceptors (Lipinski definition) is 3. The van der Waals surface area contributed by atoms with Gasteiger partial charge in [-0.25, -0.2) is 0 Å². The predicted octanol–water partition coefficient (Wildman–Crippen LogP) is 3.48. The topological polar surface area (TPSA) is 51.5 Å². The van der Waals surface area contributed by atoms with Crippen molar-refractivity contribution in [2.24, 2.45) is 13.0 Å². The molecule has 4 rings (SSSR count). The molecule has 154 valence electrons. The summed E-state index contributed by atoms with van der Waals surface area (Å²) in [6, 6.07) is 7.54. The molecule has 29 heavy (non-hydrogen) atoms. The van der Waals surface area contributed by atoms with Gasteiger partial charge in [0, 0.05) is 30.9 Å². The van der Waals surface area contributed by atoms with Gasteiger partial charge in [0.05, 0.1) is 11.6 Å². The number of fused-ring (bicyclic) bond motifs is 2. The number of aryl methyl sites for hydroxylation is 1. The van der Waals surface area contributed by atoms with Crippen molar-refractivity contribution in [1.29, 1.82) is 0 Å². The first-order chi connectivity index (χ1) is 13.7. The fourth-order valence-corrected chi connectivity index (χ4v) is 4.40. The van der Waals surface area contributed by atoms with E-state index in [-0.39, 0.29) is 41.8 Å². The second kappa shape index (κ2) is 7.24. The van der Waals surface area contributed by atoms with Gasteiger partial charge in [-0.15, -0.1) is 0 Å². The van der Waals surface area contributed by atoms with Crippen LogP contribution in [-0.2, 0) is 13.2 Å². The number of carbonyl (C=O) groups excluding carboxylic acids is 1. The molecule has 2 aromatic rings. The van der Waals surface area contributed by atoms with Crippen molar-refractivity contribution in [3.63, 3.8) is 0 Å². The largest absolute Gasteiger partial charge is 0.491 e. The molecule has 2 heterocycles. The van der Waals surface area contributed by atoms with Crippen molar-refractivity contribution in [3.8, 4) is 5.75 Å². The number of alkyl halides is 3. The Bertz CT molecular complexity index is 986. The number of aromatic nitrogens is 1. The van der Waals surface area contributed by atoms with E-state index in [1.165, 1.54) is 22.8 Å². The molecule has 8 heteroatoms. The standard InChI is InChI=1S/C21H21F3N2O3/c1-25-8-7-14(10-19(25)27)20(28)26-16-6-5-13(9-16)18(26)12-29-17-4-2-3-15(11-17)21(22,23)24/h2-4,7-8,10-11,13,16,18H,5-6,9,12H2,1H3/t13?,16?,18-/m1/s1. The van der Waals surface area contributed by atoms with E-state index in [0.717, 1.165) is 31.4 Å². The molecule has 2 unspecified atom stereocenters. The number of hydrogen-bond donors (Lipinski definition) is 0. The maximum absolute atomic E-state index is 13.1. The summed E-state index contributed by atoms with van der Waals surface area (Å²) in [5.74, 6) is 0.150. The smallest absolute Gasteiger partial charge is 0.416 e. The van der Waals surface area contributed by atoms with Gasteiger partial charge in [-0.2, -0.15) is 13.2 Å². The van der Waals surface area contributed by atoms with Gasteiger partial charge in [-0.05, 0) is 49.4 Å². The van der Waals surface area contributed by atoms with Crippen LogP contribution in [0, 0.1) is 5.92 Å². The van der Waals surface area contributed by atoms with Crippen molar-refractivity contribution in [2.45, 2.75) is 37.5 Å². The third-order valence-electron chi connectivity index (χ3n) is 5.91. The second-order valence-electron chi connectivity index (χ2n) is 7.71. The van der Waals surface area contributed by atoms with Crippen LogP contribution in [0.4, 0.5) is 13.2 Å². The minimum absolute atomic E-state index is 0.0756. The van der Waals surface area contributed by atoms with Gasteiger partial charge in [0.25, 0.3) is 11.5 Å². The summed E-state index contributed by atoms with van der Waals surface area (Å²) in [6.45, 7) is 0.124. The molecule has 1 amide bonds. The maximum Gasteiger partial charge on any atom is 0.416 e. The first kappa shape index (κ1) is 19.5. The zero-order valence-electron chi connectivity index (χ0n) is 15.9. The summed E-state index contributed by atoms with van der Waals surface area (Å²) in [7, 11) is 1.61. The second-order valence-corrected chi connectivity index (χ2v) is 7.71. The average molecular weight is 406 g/mol. The van der Waals surface area contributed by atoms with E-state index in [9.17, 15) is 22.8 Å². The highest BCUT2D eigenvalue weighted by Gasteiger charge is 2.48. The summed E-state index contributed by atoms with van der Waals surface area (Å²) >= 11 is 0. The number of rotatable bonds is 4. The van der Waals surface area contributed by atoms with Crippen LogP contribution in [0.2, 0.25) is 0 Å². The van der Waals surface area contributed by atoms with E-state index < -0.39 is 11.7 Å². The summed E-state index contributed by atoms with van der Waals surface area (Å²) in [5, 5.41) is 0. The minimum atomic E-state index is -4.44. The van der Waals surface area contributed by atoms with Crippen molar-refractivity contribution >= 4 is 5.91 Å². The summed E-state index contributed by atoms with van der Waals surface area (Å²) in [6.07, 6.45) is -0.179. The van der Waals surface area contributed by atoms with Crippen molar-refractivity contribution in [1.82, 2.24) is 9.47 Å². The molecular formula is C21H21F3N2O3. The third kappa shape index (κ3) is 3.75. The molecule has 1 aliphatic carbocycles. The van der Waals surface area contributed by atoms with Gasteiger partial charge in [0.2, 0.25) is 0 Å². The van der Waals surface area contributed by atoms with Gasteiger partial charge < -0.3 is 14.2 Å². The molecule has 1 aromatic carbocycles. The van der Waals surface area contributed by atoms with Gasteiger partial charge >= 0.3 is 6.18 Å². The normalized spacial score (nSPS) is 23.4. The molecule has 5 nitrogen and oxygen atoms in total. The number of likely N-dealkylation sites (tertiary alicyclic amines) is 1. The molecule has 1 aromatic heterocycles. The molecule has 2 fully saturated rings. The number of amides is 1. The first-order valence-corrected chi connectivity index (χ1v) is 9.53. The highest BCUT2D eigenvalue weighted by Crippen LogP contribution is 2.43. The van der Waals surface area contributed by atoms with Crippen LogP contribution in [0.1, 0.15) is 35.2 Å². The predicted molar refractivity (Wildman–Crippen MR) is 99.7 cm³/mol. The highest BCUT2D eigenvalue weighted by atomic mass is 19.4. The Labute approximate surface area is 165 Å². The van der Waals surface area contributed by atoms with Gasteiger partial charge in [0.1, 0.15) is 12.4 Å². The van der Waals surface area contributed by atoms with E-state index in [4.69, 9.17) is 4.74 Å². The Balaban J connectivity index is 1.52. The Morgan fingerprint density at radius 1 is 1.21 bits per heavy atom. The average Bonchev–Trinajstić information content (AvgIpc) is 3.29. The van der Waals surface area contributed by atoms with E-state index in [1.54, 1.807) is 24.2 Å². The number of benzene rings is 1. The number of halogens is 3. The molecule has 2 aliphatic rings. The van der Waals surface area contributed by atoms with Crippen LogP contribution < -0.4 is 10.3 Å². The Morgan fingerprint density at radius 3 is 2.72 bits per heavy atom. The molecule has 1 saturated carbocycles. The minimum Gasteiger partial charge on any atom is -0.491 e. The fourth-order valence-electron chi connectivity index (χ4n) is 4.40. The first-order valence-electron chi connectivity index (χ1n) is 9.53. The van der Waals surface area contributed by atoms with Gasteiger partial charge in [-0.1, -0.05) is 6.07 Å². The molecule has 2 bridgehead atoms. The summed E-state index contributed by atoms with van der Waals surface area (Å²) in [5.41, 5.74) is -0.710. The molecule has 1 aliphatic heterocycles. The van der Waals surface area contributed by atoms with Crippen LogP contribution in [0.5, 0.6) is 5.75 Å². The SMILES string of the molecule is Cn1ccc(C(=O)N2C3CCC(C3)[C@H]2COc2cccc(C(F)(F)F)c2)cc1=O. The van der Waals surface area contributed by atoms with Crippen LogP contribution in [0.15, 0.2) is 47.4 Å². The molecule has 0 radical (unpaired) electrons. The van der Waals surface area contributed by atoms with Crippen LogP contribution in [0.3, 0.4) is 0 Å². The lowest BCUT2D eigenvalue weighted by Gasteiger charge is -2.35. The lowest BCUT2D eigenvalue weighted by Crippen LogP contribution is -2.48. The van der Waals surface area contributed by atoms with Gasteiger partial charge in [-0.3, -0.25) is 9.59 Å². The number of nitrogens with zero attached hydrogens (tertiary/aromatic N) is 2. The van der Waals surface area contributed by atoms with Crippen molar-refractivity contribution in [2.75, 3.05) is 6.61 Å². The van der Waals surface area contributed by atoms with Crippen molar-refractivity contribution in [3.05, 3.63) is 64.1 Å². The molecule has 3 atom stereocenters. The fraction of sp³-hybridized carbons (Fsp3) is 0.429. The number of piperidine rings is 1.